The number of aliphatic carboxylic acids is 1. The van der Waals surface area contributed by atoms with E-state index in [0.29, 0.717) is 0 Å². The summed E-state index contributed by atoms with van der Waals surface area (Å²) in [6, 6.07) is -3.66. The molecule has 0 aromatic heterocycles. The topological polar surface area (TPSA) is 194 Å². The van der Waals surface area contributed by atoms with Crippen LogP contribution in [0.5, 0.6) is 0 Å². The van der Waals surface area contributed by atoms with Gasteiger partial charge in [0.1, 0.15) is 18.1 Å². The van der Waals surface area contributed by atoms with Gasteiger partial charge in [-0.25, -0.2) is 4.79 Å². The Morgan fingerprint density at radius 3 is 1.92 bits per heavy atom. The second-order valence-electron chi connectivity index (χ2n) is 5.81. The molecule has 0 aromatic carbocycles. The van der Waals surface area contributed by atoms with Gasteiger partial charge in [-0.3, -0.25) is 19.2 Å². The molecule has 12 heteroatoms. The van der Waals surface area contributed by atoms with Crippen LogP contribution in [0.15, 0.2) is 0 Å². The molecule has 11 nitrogen and oxygen atoms in total. The number of nitrogens with two attached hydrogens (primary N) is 2. The minimum absolute atomic E-state index is 0.143. The summed E-state index contributed by atoms with van der Waals surface area (Å²) >= 11 is 3.96. The summed E-state index contributed by atoms with van der Waals surface area (Å²) in [6.45, 7) is 3.06. The number of amides is 4. The first-order chi connectivity index (χ1) is 12.0. The highest BCUT2D eigenvalue weighted by Gasteiger charge is 2.30. The number of hydrogen-bond donors (Lipinski definition) is 7. The third-order valence-corrected chi connectivity index (χ3v) is 3.65. The lowest BCUT2D eigenvalue weighted by Gasteiger charge is -2.25. The highest BCUT2D eigenvalue weighted by atomic mass is 32.1. The van der Waals surface area contributed by atoms with Gasteiger partial charge in [-0.05, 0) is 5.92 Å². The molecule has 0 heterocycles. The largest absolute Gasteiger partial charge is 0.480 e. The molecule has 8 N–H and O–H groups in total. The summed E-state index contributed by atoms with van der Waals surface area (Å²) in [6.07, 6.45) is -0.602. The second kappa shape index (κ2) is 11.3. The van der Waals surface area contributed by atoms with E-state index in [1.165, 1.54) is 0 Å². The molecule has 148 valence electrons. The van der Waals surface area contributed by atoms with E-state index in [1.54, 1.807) is 13.8 Å². The fraction of sp³-hybridized carbons (Fsp3) is 0.643. The maximum Gasteiger partial charge on any atom is 0.326 e. The molecular weight excluding hydrogens is 366 g/mol. The van der Waals surface area contributed by atoms with Crippen LogP contribution in [0.2, 0.25) is 0 Å². The van der Waals surface area contributed by atoms with Gasteiger partial charge < -0.3 is 32.5 Å². The summed E-state index contributed by atoms with van der Waals surface area (Å²) in [7, 11) is 0. The molecule has 0 rings (SSSR count). The maximum absolute atomic E-state index is 12.3. The molecule has 0 aliphatic heterocycles. The molecule has 3 atom stereocenters. The lowest BCUT2D eigenvalue weighted by atomic mass is 10.0. The van der Waals surface area contributed by atoms with Crippen LogP contribution in [0.3, 0.4) is 0 Å². The molecule has 0 saturated carbocycles. The molecule has 0 aromatic rings. The molecule has 26 heavy (non-hydrogen) atoms. The maximum atomic E-state index is 12.3. The Kier molecular flexibility index (Phi) is 10.3. The molecule has 0 saturated heterocycles. The van der Waals surface area contributed by atoms with Crippen LogP contribution in [0.25, 0.3) is 0 Å². The lowest BCUT2D eigenvalue weighted by Crippen LogP contribution is -2.58. The summed E-state index contributed by atoms with van der Waals surface area (Å²) in [5.74, 6) is -4.85. The Hall–Kier alpha value is -2.34. The zero-order valence-corrected chi connectivity index (χ0v) is 15.4. The average Bonchev–Trinajstić information content (AvgIpc) is 2.55. The van der Waals surface area contributed by atoms with Crippen molar-refractivity contribution in [1.82, 2.24) is 16.0 Å². The third kappa shape index (κ3) is 8.16. The van der Waals surface area contributed by atoms with Crippen molar-refractivity contribution < 1.29 is 29.1 Å². The smallest absolute Gasteiger partial charge is 0.326 e. The molecule has 3 unspecified atom stereocenters. The molecule has 0 fully saturated rings. The van der Waals surface area contributed by atoms with E-state index < -0.39 is 54.1 Å². The highest BCUT2D eigenvalue weighted by Crippen LogP contribution is 2.03. The van der Waals surface area contributed by atoms with Crippen LogP contribution in [0.1, 0.15) is 20.3 Å². The number of carbonyl (C=O) groups is 5. The van der Waals surface area contributed by atoms with Gasteiger partial charge in [0.25, 0.3) is 0 Å². The number of rotatable bonds is 11. The fourth-order valence-corrected chi connectivity index (χ4v) is 2.15. The predicted octanol–water partition coefficient (Wildman–Crippen LogP) is -3.05. The first kappa shape index (κ1) is 23.7. The van der Waals surface area contributed by atoms with Crippen molar-refractivity contribution in [2.24, 2.45) is 17.4 Å². The second-order valence-corrected chi connectivity index (χ2v) is 6.17. The van der Waals surface area contributed by atoms with Crippen LogP contribution in [0.4, 0.5) is 0 Å². The third-order valence-electron chi connectivity index (χ3n) is 3.29. The van der Waals surface area contributed by atoms with Gasteiger partial charge >= 0.3 is 5.97 Å². The molecule has 0 radical (unpaired) electrons. The quantitative estimate of drug-likeness (QED) is 0.182. The minimum Gasteiger partial charge on any atom is -0.480 e. The minimum atomic E-state index is -1.53. The van der Waals surface area contributed by atoms with Gasteiger partial charge in [0.05, 0.1) is 13.0 Å². The molecule has 0 spiro atoms. The molecule has 0 aliphatic carbocycles. The van der Waals surface area contributed by atoms with Crippen molar-refractivity contribution in [2.45, 2.75) is 38.4 Å². The summed E-state index contributed by atoms with van der Waals surface area (Å²) in [5, 5.41) is 15.9. The van der Waals surface area contributed by atoms with Gasteiger partial charge in [0.15, 0.2) is 0 Å². The Balaban J connectivity index is 5.06. The van der Waals surface area contributed by atoms with E-state index in [9.17, 15) is 24.0 Å². The first-order valence-electron chi connectivity index (χ1n) is 7.75. The van der Waals surface area contributed by atoms with E-state index in [2.05, 4.69) is 28.6 Å². The monoisotopic (exact) mass is 391 g/mol. The van der Waals surface area contributed by atoms with E-state index in [0.717, 1.165) is 0 Å². The normalized spacial score (nSPS) is 14.0. The zero-order valence-electron chi connectivity index (χ0n) is 14.5. The summed E-state index contributed by atoms with van der Waals surface area (Å²) in [4.78, 5) is 57.9. The van der Waals surface area contributed by atoms with Crippen molar-refractivity contribution in [1.29, 1.82) is 0 Å². The van der Waals surface area contributed by atoms with Crippen molar-refractivity contribution in [3.8, 4) is 0 Å². The predicted molar refractivity (Wildman–Crippen MR) is 95.0 cm³/mol. The Morgan fingerprint density at radius 2 is 1.54 bits per heavy atom. The number of carboxylic acids is 1. The van der Waals surface area contributed by atoms with Crippen LogP contribution < -0.4 is 27.4 Å². The lowest BCUT2D eigenvalue weighted by molar-refractivity contribution is -0.143. The van der Waals surface area contributed by atoms with Crippen molar-refractivity contribution in [2.75, 3.05) is 12.3 Å². The summed E-state index contributed by atoms with van der Waals surface area (Å²) < 4.78 is 0. The van der Waals surface area contributed by atoms with Crippen LogP contribution in [0, 0.1) is 5.92 Å². The van der Waals surface area contributed by atoms with Gasteiger partial charge in [-0.2, -0.15) is 12.6 Å². The SMILES string of the molecule is CC(C)C(NC(=O)CN)C(=O)NC(CS)C(=O)NC(CC(N)=O)C(=O)O. The first-order valence-corrected chi connectivity index (χ1v) is 8.38. The Morgan fingerprint density at radius 1 is 1.00 bits per heavy atom. The van der Waals surface area contributed by atoms with Gasteiger partial charge in [-0.1, -0.05) is 13.8 Å². The summed E-state index contributed by atoms with van der Waals surface area (Å²) in [5.41, 5.74) is 10.1. The van der Waals surface area contributed by atoms with Crippen molar-refractivity contribution in [3.63, 3.8) is 0 Å². The number of carboxylic acid groups (broad SMARTS) is 1. The Labute approximate surface area is 156 Å². The molecular formula is C14H25N5O6S. The van der Waals surface area contributed by atoms with Gasteiger partial charge in [0, 0.05) is 5.75 Å². The van der Waals surface area contributed by atoms with Crippen LogP contribution in [-0.2, 0) is 24.0 Å². The van der Waals surface area contributed by atoms with E-state index in [1.807, 2.05) is 0 Å². The van der Waals surface area contributed by atoms with Crippen LogP contribution >= 0.6 is 12.6 Å². The zero-order chi connectivity index (χ0) is 20.4. The molecule has 4 amide bonds. The number of carbonyl (C=O) groups excluding carboxylic acids is 4. The van der Waals surface area contributed by atoms with E-state index >= 15 is 0 Å². The molecule has 0 bridgehead atoms. The van der Waals surface area contributed by atoms with Crippen molar-refractivity contribution >= 4 is 42.2 Å². The van der Waals surface area contributed by atoms with E-state index in [4.69, 9.17) is 16.6 Å². The van der Waals surface area contributed by atoms with Gasteiger partial charge in [0.2, 0.25) is 23.6 Å². The number of thiol groups is 1. The van der Waals surface area contributed by atoms with Crippen LogP contribution in [-0.4, -0.2) is 65.1 Å². The van der Waals surface area contributed by atoms with E-state index in [-0.39, 0.29) is 18.2 Å². The highest BCUT2D eigenvalue weighted by molar-refractivity contribution is 7.80. The number of primary amides is 1. The fourth-order valence-electron chi connectivity index (χ4n) is 1.90. The van der Waals surface area contributed by atoms with Gasteiger partial charge in [-0.15, -0.1) is 0 Å². The number of hydrogen-bond acceptors (Lipinski definition) is 7. The Bertz CT molecular complexity index is 556. The van der Waals surface area contributed by atoms with Crippen molar-refractivity contribution in [3.05, 3.63) is 0 Å². The number of nitrogens with one attached hydrogen (secondary N) is 3. The average molecular weight is 391 g/mol. The molecule has 0 aliphatic rings. The standard InChI is InChI=1S/C14H25N5O6S/c1-6(2)11(19-10(21)4-15)13(23)18-8(5-26)12(22)17-7(14(24)25)3-9(16)20/h6-8,11,26H,3-5,15H2,1-2H3,(H2,16,20)(H,17,22)(H,18,23)(H,19,21)(H,24,25).